The van der Waals surface area contributed by atoms with Crippen LogP contribution >= 0.6 is 15.9 Å². The third kappa shape index (κ3) is 5.91. The molecule has 0 heterocycles. The molecule has 0 radical (unpaired) electrons. The maximum atomic E-state index is 10.5. The van der Waals surface area contributed by atoms with E-state index in [1.54, 1.807) is 18.2 Å². The Hall–Kier alpha value is -2.68. The summed E-state index contributed by atoms with van der Waals surface area (Å²) in [7, 11) is 0. The number of ether oxygens (including phenoxy) is 1. The molecule has 2 aromatic carbocycles. The fraction of sp³-hybridized carbons (Fsp3) is 0.143. The van der Waals surface area contributed by atoms with Crippen molar-refractivity contribution >= 4 is 27.3 Å². The summed E-state index contributed by atoms with van der Waals surface area (Å²) in [5, 5.41) is 30.1. The van der Waals surface area contributed by atoms with Crippen LogP contribution in [0.1, 0.15) is 0 Å². The van der Waals surface area contributed by atoms with Crippen molar-refractivity contribution in [2.45, 2.75) is 0 Å². The van der Waals surface area contributed by atoms with E-state index in [1.807, 2.05) is 0 Å². The van der Waals surface area contributed by atoms with Gasteiger partial charge in [-0.15, -0.1) is 0 Å². The summed E-state index contributed by atoms with van der Waals surface area (Å²) in [5.41, 5.74) is -0.258. The first-order valence-electron chi connectivity index (χ1n) is 6.32. The Balaban J connectivity index is 0.000000238. The number of aromatic hydroxyl groups is 1. The summed E-state index contributed by atoms with van der Waals surface area (Å²) in [6.07, 6.45) is 0. The van der Waals surface area contributed by atoms with Gasteiger partial charge < -0.3 is 9.84 Å². The minimum absolute atomic E-state index is 0.00319. The van der Waals surface area contributed by atoms with Gasteiger partial charge in [-0.2, -0.15) is 0 Å². The van der Waals surface area contributed by atoms with E-state index in [-0.39, 0.29) is 17.1 Å². The van der Waals surface area contributed by atoms with Gasteiger partial charge in [-0.25, -0.2) is 0 Å². The first-order valence-corrected chi connectivity index (χ1v) is 7.44. The van der Waals surface area contributed by atoms with E-state index in [9.17, 15) is 20.2 Å². The molecule has 2 rings (SSSR count). The highest BCUT2D eigenvalue weighted by Gasteiger charge is 2.12. The van der Waals surface area contributed by atoms with Gasteiger partial charge in [0.15, 0.2) is 11.5 Å². The molecule has 0 fully saturated rings. The molecule has 0 aliphatic rings. The quantitative estimate of drug-likeness (QED) is 0.477. The average Bonchev–Trinajstić information content (AvgIpc) is 2.54. The third-order valence-corrected chi connectivity index (χ3v) is 2.80. The van der Waals surface area contributed by atoms with E-state index >= 15 is 0 Å². The van der Waals surface area contributed by atoms with Crippen molar-refractivity contribution in [3.05, 3.63) is 68.8 Å². The molecule has 0 atom stereocenters. The predicted molar refractivity (Wildman–Crippen MR) is 87.1 cm³/mol. The van der Waals surface area contributed by atoms with E-state index in [0.29, 0.717) is 17.7 Å². The van der Waals surface area contributed by atoms with E-state index in [1.165, 1.54) is 30.3 Å². The second kappa shape index (κ2) is 9.36. The molecule has 0 unspecified atom stereocenters. The monoisotopic (exact) mass is 384 g/mol. The number of phenolic OH excluding ortho intramolecular Hbond substituents is 1. The van der Waals surface area contributed by atoms with E-state index < -0.39 is 9.85 Å². The van der Waals surface area contributed by atoms with Crippen molar-refractivity contribution in [2.24, 2.45) is 0 Å². The molecular formula is C14H13BrN2O6. The van der Waals surface area contributed by atoms with Crippen LogP contribution < -0.4 is 4.74 Å². The van der Waals surface area contributed by atoms with Crippen molar-refractivity contribution in [3.8, 4) is 11.5 Å². The van der Waals surface area contributed by atoms with Crippen molar-refractivity contribution in [2.75, 3.05) is 11.9 Å². The molecule has 0 bridgehead atoms. The van der Waals surface area contributed by atoms with Gasteiger partial charge in [0.2, 0.25) is 0 Å². The van der Waals surface area contributed by atoms with E-state index in [2.05, 4.69) is 15.9 Å². The first-order chi connectivity index (χ1) is 11.0. The Labute approximate surface area is 139 Å². The number of phenols is 1. The van der Waals surface area contributed by atoms with Gasteiger partial charge in [0.1, 0.15) is 0 Å². The number of hydrogen-bond donors (Lipinski definition) is 1. The summed E-state index contributed by atoms with van der Waals surface area (Å²) >= 11 is 3.17. The highest BCUT2D eigenvalue weighted by atomic mass is 79.9. The summed E-state index contributed by atoms with van der Waals surface area (Å²) in [6, 6.07) is 11.9. The Morgan fingerprint density at radius 1 is 0.957 bits per heavy atom. The molecule has 8 nitrogen and oxygen atoms in total. The van der Waals surface area contributed by atoms with Crippen molar-refractivity contribution in [3.63, 3.8) is 0 Å². The highest BCUT2D eigenvalue weighted by molar-refractivity contribution is 9.09. The van der Waals surface area contributed by atoms with Gasteiger partial charge >= 0.3 is 11.4 Å². The first kappa shape index (κ1) is 18.4. The molecule has 0 aliphatic carbocycles. The zero-order valence-electron chi connectivity index (χ0n) is 11.8. The van der Waals surface area contributed by atoms with Crippen molar-refractivity contribution in [1.29, 1.82) is 0 Å². The SMILES string of the molecule is O=[N+]([O-])c1ccccc1O.O=[N+]([O-])c1ccccc1OCCBr. The van der Waals surface area contributed by atoms with Crippen molar-refractivity contribution < 1.29 is 19.7 Å². The van der Waals surface area contributed by atoms with Crippen LogP contribution in [0.4, 0.5) is 11.4 Å². The molecule has 2 aromatic rings. The van der Waals surface area contributed by atoms with Crippen LogP contribution in [0.2, 0.25) is 0 Å². The van der Waals surface area contributed by atoms with Gasteiger partial charge in [0.25, 0.3) is 0 Å². The van der Waals surface area contributed by atoms with Crippen LogP contribution in [-0.4, -0.2) is 26.9 Å². The largest absolute Gasteiger partial charge is 0.502 e. The molecule has 0 spiro atoms. The normalized spacial score (nSPS) is 9.43. The van der Waals surface area contributed by atoms with Gasteiger partial charge in [0.05, 0.1) is 16.5 Å². The van der Waals surface area contributed by atoms with Gasteiger partial charge in [0, 0.05) is 17.5 Å². The van der Waals surface area contributed by atoms with Crippen LogP contribution in [0, 0.1) is 20.2 Å². The van der Waals surface area contributed by atoms with Crippen LogP contribution in [0.5, 0.6) is 11.5 Å². The number of hydrogen-bond acceptors (Lipinski definition) is 6. The molecule has 9 heteroatoms. The zero-order chi connectivity index (χ0) is 17.2. The Morgan fingerprint density at radius 3 is 1.96 bits per heavy atom. The highest BCUT2D eigenvalue weighted by Crippen LogP contribution is 2.25. The Morgan fingerprint density at radius 2 is 1.48 bits per heavy atom. The lowest BCUT2D eigenvalue weighted by Gasteiger charge is -2.03. The standard InChI is InChI=1S/C8H8BrNO3.C6H5NO3/c9-5-6-13-8-4-2-1-3-7(8)10(11)12;8-6-4-2-1-3-5(6)7(9)10/h1-4H,5-6H2;1-4,8H. The summed E-state index contributed by atoms with van der Waals surface area (Å²) in [6.45, 7) is 0.421. The molecule has 0 saturated heterocycles. The minimum atomic E-state index is -0.630. The minimum Gasteiger partial charge on any atom is -0.502 e. The average molecular weight is 385 g/mol. The maximum absolute atomic E-state index is 10.5. The van der Waals surface area contributed by atoms with Crippen molar-refractivity contribution in [1.82, 2.24) is 0 Å². The Kier molecular flexibility index (Phi) is 7.48. The number of rotatable bonds is 5. The number of nitro groups is 2. The Bertz CT molecular complexity index is 680. The number of nitrogens with zero attached hydrogens (tertiary/aromatic N) is 2. The van der Waals surface area contributed by atoms with Crippen LogP contribution in [0.25, 0.3) is 0 Å². The van der Waals surface area contributed by atoms with Crippen LogP contribution in [-0.2, 0) is 0 Å². The lowest BCUT2D eigenvalue weighted by Crippen LogP contribution is -2.00. The fourth-order valence-electron chi connectivity index (χ4n) is 1.50. The second-order valence-electron chi connectivity index (χ2n) is 4.01. The number of halogens is 1. The smallest absolute Gasteiger partial charge is 0.310 e. The summed E-state index contributed by atoms with van der Waals surface area (Å²) in [4.78, 5) is 19.5. The van der Waals surface area contributed by atoms with Gasteiger partial charge in [-0.05, 0) is 12.1 Å². The number of para-hydroxylation sites is 4. The van der Waals surface area contributed by atoms with Crippen LogP contribution in [0.15, 0.2) is 48.5 Å². The molecule has 0 saturated carbocycles. The molecule has 122 valence electrons. The van der Waals surface area contributed by atoms with E-state index in [4.69, 9.17) is 9.84 Å². The summed E-state index contributed by atoms with van der Waals surface area (Å²) < 4.78 is 5.16. The maximum Gasteiger partial charge on any atom is 0.310 e. The molecule has 23 heavy (non-hydrogen) atoms. The molecule has 0 amide bonds. The topological polar surface area (TPSA) is 116 Å². The second-order valence-corrected chi connectivity index (χ2v) is 4.80. The van der Waals surface area contributed by atoms with Crippen LogP contribution in [0.3, 0.4) is 0 Å². The van der Waals surface area contributed by atoms with Gasteiger partial charge in [-0.1, -0.05) is 40.2 Å². The lowest BCUT2D eigenvalue weighted by molar-refractivity contribution is -0.386. The summed E-state index contributed by atoms with van der Waals surface area (Å²) in [5.74, 6) is 0.0134. The predicted octanol–water partition coefficient (Wildman–Crippen LogP) is 3.67. The number of nitro benzene ring substituents is 2. The molecule has 0 aromatic heterocycles. The zero-order valence-corrected chi connectivity index (χ0v) is 13.4. The number of benzene rings is 2. The third-order valence-electron chi connectivity index (χ3n) is 2.48. The van der Waals surface area contributed by atoms with E-state index in [0.717, 1.165) is 0 Å². The molecule has 0 aliphatic heterocycles. The lowest BCUT2D eigenvalue weighted by atomic mass is 10.3. The molecule has 1 N–H and O–H groups in total. The van der Waals surface area contributed by atoms with Gasteiger partial charge in [-0.3, -0.25) is 20.2 Å². The molecular weight excluding hydrogens is 372 g/mol. The number of alkyl halides is 1. The fourth-order valence-corrected chi connectivity index (χ4v) is 1.66.